The fourth-order valence-electron chi connectivity index (χ4n) is 2.60. The van der Waals surface area contributed by atoms with Crippen LogP contribution < -0.4 is 4.90 Å². The van der Waals surface area contributed by atoms with Crippen LogP contribution in [0.15, 0.2) is 9.90 Å². The Morgan fingerprint density at radius 1 is 1.30 bits per heavy atom. The van der Waals surface area contributed by atoms with Crippen LogP contribution >= 0.6 is 11.3 Å². The Kier molecular flexibility index (Phi) is 5.24. The van der Waals surface area contributed by atoms with Crippen LogP contribution in [0.4, 0.5) is 5.13 Å². The topological polar surface area (TPSA) is 67.5 Å². The van der Waals surface area contributed by atoms with Gasteiger partial charge < -0.3 is 14.2 Å². The Labute approximate surface area is 140 Å². The highest BCUT2D eigenvalue weighted by atomic mass is 32.1. The first-order chi connectivity index (χ1) is 11.2. The average Bonchev–Trinajstić information content (AvgIpc) is 3.12. The quantitative estimate of drug-likeness (QED) is 0.829. The van der Waals surface area contributed by atoms with E-state index >= 15 is 0 Å². The molecular weight excluding hydrogens is 314 g/mol. The third kappa shape index (κ3) is 4.07. The van der Waals surface area contributed by atoms with E-state index in [4.69, 9.17) is 9.26 Å². The molecule has 1 aliphatic heterocycles. The van der Waals surface area contributed by atoms with Crippen molar-refractivity contribution in [3.05, 3.63) is 22.8 Å². The molecule has 0 radical (unpaired) electrons. The van der Waals surface area contributed by atoms with E-state index in [2.05, 4.69) is 30.3 Å². The first-order valence-corrected chi connectivity index (χ1v) is 8.78. The summed E-state index contributed by atoms with van der Waals surface area (Å²) in [5.74, 6) is 1.26. The van der Waals surface area contributed by atoms with Crippen molar-refractivity contribution in [2.24, 2.45) is 0 Å². The zero-order valence-electron chi connectivity index (χ0n) is 13.9. The molecule has 0 saturated carbocycles. The molecule has 0 N–H and O–H groups in total. The molecule has 0 bridgehead atoms. The molecule has 2 aromatic rings. The number of aromatic nitrogens is 3. The zero-order valence-corrected chi connectivity index (χ0v) is 14.7. The normalized spacial score (nSPS) is 18.1. The molecule has 7 nitrogen and oxygen atoms in total. The van der Waals surface area contributed by atoms with E-state index in [1.54, 1.807) is 18.4 Å². The van der Waals surface area contributed by atoms with E-state index in [9.17, 15) is 0 Å². The van der Waals surface area contributed by atoms with Gasteiger partial charge in [0.15, 0.2) is 11.0 Å². The lowest BCUT2D eigenvalue weighted by atomic mass is 10.4. The van der Waals surface area contributed by atoms with E-state index < -0.39 is 0 Å². The number of thiazole rings is 1. The van der Waals surface area contributed by atoms with E-state index in [1.807, 2.05) is 13.8 Å². The maximum atomic E-state index is 5.34. The fourth-order valence-corrected chi connectivity index (χ4v) is 3.46. The van der Waals surface area contributed by atoms with Gasteiger partial charge in [-0.25, -0.2) is 4.98 Å². The first-order valence-electron chi connectivity index (χ1n) is 7.90. The predicted molar refractivity (Wildman–Crippen MR) is 88.7 cm³/mol. The van der Waals surface area contributed by atoms with Crippen molar-refractivity contribution in [2.75, 3.05) is 38.2 Å². The summed E-state index contributed by atoms with van der Waals surface area (Å²) in [5, 5.41) is 7.21. The van der Waals surface area contributed by atoms with Crippen LogP contribution in [0, 0.1) is 6.92 Å². The van der Waals surface area contributed by atoms with Gasteiger partial charge in [-0.3, -0.25) is 4.90 Å². The van der Waals surface area contributed by atoms with Gasteiger partial charge in [-0.2, -0.15) is 4.98 Å². The standard InChI is InChI=1S/C15H23N5O2S/c1-11-10-23-15(16-11)20-6-4-5-19(7-8-20)9-13-17-14(18-22-13)12(2)21-3/h10,12H,4-9H2,1-3H3. The van der Waals surface area contributed by atoms with Crippen molar-refractivity contribution in [3.63, 3.8) is 0 Å². The summed E-state index contributed by atoms with van der Waals surface area (Å²) in [4.78, 5) is 13.7. The lowest BCUT2D eigenvalue weighted by Crippen LogP contribution is -2.30. The Bertz CT molecular complexity index is 629. The highest BCUT2D eigenvalue weighted by Gasteiger charge is 2.20. The number of methoxy groups -OCH3 is 1. The zero-order chi connectivity index (χ0) is 16.2. The van der Waals surface area contributed by atoms with E-state index in [0.29, 0.717) is 18.3 Å². The maximum absolute atomic E-state index is 5.34. The van der Waals surface area contributed by atoms with Crippen molar-refractivity contribution in [1.29, 1.82) is 0 Å². The van der Waals surface area contributed by atoms with Gasteiger partial charge in [-0.05, 0) is 20.3 Å². The van der Waals surface area contributed by atoms with Crippen LogP contribution in [0.5, 0.6) is 0 Å². The summed E-state index contributed by atoms with van der Waals surface area (Å²) in [7, 11) is 1.64. The Morgan fingerprint density at radius 2 is 2.17 bits per heavy atom. The lowest BCUT2D eigenvalue weighted by molar-refractivity contribution is 0.109. The molecule has 3 rings (SSSR count). The number of hydrogen-bond donors (Lipinski definition) is 0. The summed E-state index contributed by atoms with van der Waals surface area (Å²) in [5.41, 5.74) is 1.09. The molecule has 1 unspecified atom stereocenters. The van der Waals surface area contributed by atoms with Gasteiger partial charge in [-0.15, -0.1) is 11.3 Å². The van der Waals surface area contributed by atoms with Crippen molar-refractivity contribution in [1.82, 2.24) is 20.0 Å². The SMILES string of the molecule is COC(C)c1noc(CN2CCCN(c3nc(C)cs3)CC2)n1. The molecular formula is C15H23N5O2S. The number of aryl methyl sites for hydroxylation is 1. The molecule has 0 amide bonds. The molecule has 1 aliphatic rings. The third-order valence-corrected chi connectivity index (χ3v) is 5.05. The van der Waals surface area contributed by atoms with Crippen molar-refractivity contribution in [2.45, 2.75) is 32.9 Å². The minimum Gasteiger partial charge on any atom is -0.374 e. The summed E-state index contributed by atoms with van der Waals surface area (Å²) >= 11 is 1.72. The number of hydrogen-bond acceptors (Lipinski definition) is 8. The van der Waals surface area contributed by atoms with Crippen molar-refractivity contribution >= 4 is 16.5 Å². The molecule has 126 valence electrons. The molecule has 3 heterocycles. The van der Waals surface area contributed by atoms with Crippen LogP contribution in [0.3, 0.4) is 0 Å². The van der Waals surface area contributed by atoms with Gasteiger partial charge >= 0.3 is 0 Å². The molecule has 8 heteroatoms. The van der Waals surface area contributed by atoms with Gasteiger partial charge in [0.1, 0.15) is 6.10 Å². The molecule has 1 saturated heterocycles. The Hall–Kier alpha value is -1.51. The molecule has 23 heavy (non-hydrogen) atoms. The number of rotatable bonds is 5. The van der Waals surface area contributed by atoms with E-state index in [1.165, 1.54) is 0 Å². The summed E-state index contributed by atoms with van der Waals surface area (Å²) < 4.78 is 10.6. The Morgan fingerprint density at radius 3 is 2.91 bits per heavy atom. The van der Waals surface area contributed by atoms with Crippen LogP contribution in [-0.2, 0) is 11.3 Å². The highest BCUT2D eigenvalue weighted by Crippen LogP contribution is 2.22. The minimum atomic E-state index is -0.139. The van der Waals surface area contributed by atoms with Crippen LogP contribution in [0.2, 0.25) is 0 Å². The smallest absolute Gasteiger partial charge is 0.240 e. The van der Waals surface area contributed by atoms with Crippen molar-refractivity contribution < 1.29 is 9.26 Å². The predicted octanol–water partition coefficient (Wildman–Crippen LogP) is 2.25. The van der Waals surface area contributed by atoms with Crippen molar-refractivity contribution in [3.8, 4) is 0 Å². The molecule has 0 aliphatic carbocycles. The second-order valence-corrected chi connectivity index (χ2v) is 6.65. The van der Waals surface area contributed by atoms with Gasteiger partial charge in [0.2, 0.25) is 5.89 Å². The number of nitrogens with zero attached hydrogens (tertiary/aromatic N) is 5. The molecule has 0 aromatic carbocycles. The van der Waals surface area contributed by atoms with E-state index in [-0.39, 0.29) is 6.10 Å². The first kappa shape index (κ1) is 16.4. The molecule has 2 aromatic heterocycles. The maximum Gasteiger partial charge on any atom is 0.240 e. The molecule has 0 spiro atoms. The van der Waals surface area contributed by atoms with Gasteiger partial charge in [0.05, 0.1) is 12.2 Å². The molecule has 1 atom stereocenters. The number of ether oxygens (including phenoxy) is 1. The second-order valence-electron chi connectivity index (χ2n) is 5.81. The summed E-state index contributed by atoms with van der Waals surface area (Å²) in [6.07, 6.45) is 0.967. The van der Waals surface area contributed by atoms with E-state index in [0.717, 1.165) is 43.4 Å². The average molecular weight is 337 g/mol. The summed E-state index contributed by atoms with van der Waals surface area (Å²) in [6.45, 7) is 8.65. The second kappa shape index (κ2) is 7.37. The number of anilines is 1. The lowest BCUT2D eigenvalue weighted by Gasteiger charge is -2.20. The largest absolute Gasteiger partial charge is 0.374 e. The fraction of sp³-hybridized carbons (Fsp3) is 0.667. The van der Waals surface area contributed by atoms with Crippen LogP contribution in [0.25, 0.3) is 0 Å². The van der Waals surface area contributed by atoms with Gasteiger partial charge in [0, 0.05) is 38.7 Å². The third-order valence-electron chi connectivity index (χ3n) is 4.03. The van der Waals surface area contributed by atoms with Crippen LogP contribution in [0.1, 0.15) is 36.9 Å². The monoisotopic (exact) mass is 337 g/mol. The minimum absolute atomic E-state index is 0.139. The molecule has 1 fully saturated rings. The highest BCUT2D eigenvalue weighted by molar-refractivity contribution is 7.13. The van der Waals surface area contributed by atoms with Gasteiger partial charge in [-0.1, -0.05) is 5.16 Å². The van der Waals surface area contributed by atoms with Gasteiger partial charge in [0.25, 0.3) is 0 Å². The Balaban J connectivity index is 1.57. The van der Waals surface area contributed by atoms with Crippen LogP contribution in [-0.4, -0.2) is 53.3 Å². The summed E-state index contributed by atoms with van der Waals surface area (Å²) in [6, 6.07) is 0.